The molecule has 1 saturated heterocycles. The largest absolute Gasteiger partial charge is 0.461 e. The lowest BCUT2D eigenvalue weighted by atomic mass is 10.1. The third kappa shape index (κ3) is 7.41. The quantitative estimate of drug-likeness (QED) is 0.150. The van der Waals surface area contributed by atoms with E-state index in [1.807, 2.05) is 66.2 Å². The highest BCUT2D eigenvalue weighted by Crippen LogP contribution is 2.36. The van der Waals surface area contributed by atoms with Gasteiger partial charge in [-0.1, -0.05) is 76.9 Å². The number of likely N-dealkylation sites (tertiary alicyclic amines) is 1. The highest BCUT2D eigenvalue weighted by molar-refractivity contribution is 6.36. The molecular weight excluding hydrogens is 655 g/mol. The molecule has 0 bridgehead atoms. The third-order valence-corrected chi connectivity index (χ3v) is 9.19. The summed E-state index contributed by atoms with van der Waals surface area (Å²) in [4.78, 5) is 40.9. The van der Waals surface area contributed by atoms with Crippen LogP contribution in [0.3, 0.4) is 0 Å². The van der Waals surface area contributed by atoms with Gasteiger partial charge in [0.05, 0.1) is 41.3 Å². The van der Waals surface area contributed by atoms with Gasteiger partial charge in [0.25, 0.3) is 5.91 Å². The van der Waals surface area contributed by atoms with Crippen molar-refractivity contribution in [1.82, 2.24) is 14.6 Å². The molecule has 48 heavy (non-hydrogen) atoms. The minimum Gasteiger partial charge on any atom is -0.461 e. The Kier molecular flexibility index (Phi) is 10.1. The number of carbonyl (C=O) groups excluding carboxylic acids is 3. The number of esters is 1. The summed E-state index contributed by atoms with van der Waals surface area (Å²) >= 11 is 13.2. The first-order valence-corrected chi connectivity index (χ1v) is 16.3. The molecule has 3 heterocycles. The van der Waals surface area contributed by atoms with Gasteiger partial charge in [-0.25, -0.2) is 0 Å². The monoisotopic (exact) mass is 688 g/mol. The molecule has 0 radical (unpaired) electrons. The number of hydrogen-bond acceptors (Lipinski definition) is 7. The summed E-state index contributed by atoms with van der Waals surface area (Å²) in [7, 11) is 3.48. The molecule has 1 aliphatic heterocycles. The van der Waals surface area contributed by atoms with Crippen molar-refractivity contribution in [2.24, 2.45) is 7.05 Å². The van der Waals surface area contributed by atoms with Crippen molar-refractivity contribution in [2.75, 3.05) is 19.0 Å². The topological polar surface area (TPSA) is 116 Å². The van der Waals surface area contributed by atoms with Crippen LogP contribution < -0.4 is 5.32 Å². The molecule has 3 aromatic carbocycles. The summed E-state index contributed by atoms with van der Waals surface area (Å²) in [6.07, 6.45) is 2.51. The number of halogens is 2. The molecule has 6 rings (SSSR count). The fourth-order valence-corrected chi connectivity index (χ4v) is 6.42. The second-order valence-electron chi connectivity index (χ2n) is 11.7. The van der Waals surface area contributed by atoms with Crippen molar-refractivity contribution < 1.29 is 28.4 Å². The summed E-state index contributed by atoms with van der Waals surface area (Å²) in [5, 5.41) is 8.45. The zero-order valence-corrected chi connectivity index (χ0v) is 28.0. The molecule has 0 aliphatic carbocycles. The summed E-state index contributed by atoms with van der Waals surface area (Å²) in [5.41, 5.74) is 3.78. The van der Waals surface area contributed by atoms with Crippen LogP contribution in [0.1, 0.15) is 51.8 Å². The van der Waals surface area contributed by atoms with Crippen molar-refractivity contribution in [3.63, 3.8) is 0 Å². The summed E-state index contributed by atoms with van der Waals surface area (Å²) < 4.78 is 18.4. The maximum Gasteiger partial charge on any atom is 0.306 e. The van der Waals surface area contributed by atoms with E-state index in [2.05, 4.69) is 10.5 Å². The second kappa shape index (κ2) is 14.6. The van der Waals surface area contributed by atoms with Crippen molar-refractivity contribution in [3.05, 3.63) is 117 Å². The average molecular weight is 690 g/mol. The number of carbonyl (C=O) groups is 3. The molecule has 10 nitrogen and oxygen atoms in total. The summed E-state index contributed by atoms with van der Waals surface area (Å²) in [5.74, 6) is -0.344. The van der Waals surface area contributed by atoms with Crippen molar-refractivity contribution in [3.8, 4) is 0 Å². The molecule has 248 valence electrons. The number of fused-ring (bicyclic) bond motifs is 1. The first-order valence-electron chi connectivity index (χ1n) is 15.5. The van der Waals surface area contributed by atoms with Crippen LogP contribution in [-0.4, -0.2) is 52.2 Å². The Morgan fingerprint density at radius 2 is 1.79 bits per heavy atom. The molecule has 1 N–H and O–H groups in total. The van der Waals surface area contributed by atoms with E-state index in [-0.39, 0.29) is 48.4 Å². The first-order chi connectivity index (χ1) is 23.2. The van der Waals surface area contributed by atoms with E-state index in [1.165, 1.54) is 0 Å². The highest BCUT2D eigenvalue weighted by atomic mass is 35.5. The number of rotatable bonds is 11. The molecule has 2 aromatic heterocycles. The Bertz CT molecular complexity index is 1960. The van der Waals surface area contributed by atoms with Crippen LogP contribution in [0.5, 0.6) is 0 Å². The van der Waals surface area contributed by atoms with E-state index < -0.39 is 6.04 Å². The van der Waals surface area contributed by atoms with Crippen molar-refractivity contribution >= 4 is 57.6 Å². The Balaban J connectivity index is 1.09. The number of nitrogens with one attached hydrogen (secondary N) is 1. The van der Waals surface area contributed by atoms with E-state index in [0.29, 0.717) is 52.7 Å². The number of aryl methyl sites for hydroxylation is 2. The summed E-state index contributed by atoms with van der Waals surface area (Å²) in [6, 6.07) is 21.6. The first kappa shape index (κ1) is 33.3. The number of para-hydroxylation sites is 1. The molecule has 0 spiro atoms. The van der Waals surface area contributed by atoms with Crippen LogP contribution in [0, 0.1) is 0 Å². The Morgan fingerprint density at radius 3 is 2.58 bits per heavy atom. The van der Waals surface area contributed by atoms with Gasteiger partial charge in [0.1, 0.15) is 18.1 Å². The van der Waals surface area contributed by atoms with Crippen LogP contribution in [-0.2, 0) is 45.6 Å². The molecule has 2 amide bonds. The van der Waals surface area contributed by atoms with Gasteiger partial charge in [0, 0.05) is 61.7 Å². The SMILES string of the molecule is CO[C@H]1C[C@@H](c2cc(CCC(=O)OCc3ccccc3)on2)N(C(=O)Cc2cc(Cl)c(NC(=O)c3cn(C)c4ccccc34)cc2Cl)C1. The standard InChI is InChI=1S/C36H34Cl2N4O6/c1-41-20-27(26-10-6-7-11-32(26)41)36(45)39-30-18-28(37)23(14-29(30)38)15-34(43)42-19-25(46-2)17-33(42)31-16-24(48-40-31)12-13-35(44)47-21-22-8-4-3-5-9-22/h3-11,14,16,18,20,25,33H,12-13,15,17,19,21H2,1-2H3,(H,39,45)/t25-,33-/m0/s1. The maximum absolute atomic E-state index is 13.7. The molecule has 5 aromatic rings. The summed E-state index contributed by atoms with van der Waals surface area (Å²) in [6.45, 7) is 0.565. The Hall–Kier alpha value is -4.64. The van der Waals surface area contributed by atoms with Crippen molar-refractivity contribution in [1.29, 1.82) is 0 Å². The molecule has 12 heteroatoms. The normalized spacial score (nSPS) is 16.0. The lowest BCUT2D eigenvalue weighted by Crippen LogP contribution is -2.33. The van der Waals surface area contributed by atoms with E-state index in [4.69, 9.17) is 37.2 Å². The van der Waals surface area contributed by atoms with Crippen LogP contribution in [0.2, 0.25) is 10.0 Å². The van der Waals surface area contributed by atoms with E-state index >= 15 is 0 Å². The fourth-order valence-electron chi connectivity index (χ4n) is 5.96. The van der Waals surface area contributed by atoms with E-state index in [9.17, 15) is 14.4 Å². The molecule has 1 fully saturated rings. The van der Waals surface area contributed by atoms with Crippen LogP contribution >= 0.6 is 23.2 Å². The second-order valence-corrected chi connectivity index (χ2v) is 12.6. The Morgan fingerprint density at radius 1 is 1.02 bits per heavy atom. The van der Waals surface area contributed by atoms with Gasteiger partial charge in [0.2, 0.25) is 5.91 Å². The lowest BCUT2D eigenvalue weighted by molar-refractivity contribution is -0.145. The molecule has 0 saturated carbocycles. The number of aromatic nitrogens is 2. The average Bonchev–Trinajstić information content (AvgIpc) is 3.83. The molecule has 0 unspecified atom stereocenters. The van der Waals surface area contributed by atoms with Crippen LogP contribution in [0.15, 0.2) is 83.5 Å². The van der Waals surface area contributed by atoms with Gasteiger partial charge >= 0.3 is 5.97 Å². The maximum atomic E-state index is 13.7. The number of anilines is 1. The van der Waals surface area contributed by atoms with Crippen LogP contribution in [0.25, 0.3) is 10.9 Å². The van der Waals surface area contributed by atoms with Gasteiger partial charge in [-0.2, -0.15) is 0 Å². The third-order valence-electron chi connectivity index (χ3n) is 8.52. The van der Waals surface area contributed by atoms with E-state index in [0.717, 1.165) is 16.5 Å². The van der Waals surface area contributed by atoms with Gasteiger partial charge in [-0.3, -0.25) is 14.4 Å². The molecule has 2 atom stereocenters. The van der Waals surface area contributed by atoms with Gasteiger partial charge in [0.15, 0.2) is 0 Å². The van der Waals surface area contributed by atoms with Gasteiger partial charge in [-0.15, -0.1) is 0 Å². The number of ether oxygens (including phenoxy) is 2. The number of methoxy groups -OCH3 is 1. The molecular formula is C36H34Cl2N4O6. The molecule has 1 aliphatic rings. The number of nitrogens with zero attached hydrogens (tertiary/aromatic N) is 3. The van der Waals surface area contributed by atoms with Gasteiger partial charge < -0.3 is 28.8 Å². The van der Waals surface area contributed by atoms with Gasteiger partial charge in [-0.05, 0) is 29.3 Å². The minimum atomic E-state index is -0.390. The predicted octanol–water partition coefficient (Wildman–Crippen LogP) is 6.93. The fraction of sp³-hybridized carbons (Fsp3) is 0.278. The van der Waals surface area contributed by atoms with Crippen molar-refractivity contribution in [2.45, 2.75) is 44.4 Å². The smallest absolute Gasteiger partial charge is 0.306 e. The Labute approximate surface area is 287 Å². The van der Waals surface area contributed by atoms with Crippen LogP contribution in [0.4, 0.5) is 5.69 Å². The minimum absolute atomic E-state index is 0.0268. The lowest BCUT2D eigenvalue weighted by Gasteiger charge is -2.23. The zero-order chi connectivity index (χ0) is 33.8. The zero-order valence-electron chi connectivity index (χ0n) is 26.4. The number of amides is 2. The van der Waals surface area contributed by atoms with E-state index in [1.54, 1.807) is 36.4 Å². The predicted molar refractivity (Wildman–Crippen MR) is 182 cm³/mol. The highest BCUT2D eigenvalue weighted by Gasteiger charge is 2.38. The number of benzene rings is 3. The number of hydrogen-bond donors (Lipinski definition) is 1.